The van der Waals surface area contributed by atoms with E-state index >= 15 is 0 Å². The topological polar surface area (TPSA) is 17.8 Å². The Labute approximate surface area is 74.6 Å². The summed E-state index contributed by atoms with van der Waals surface area (Å²) in [6.07, 6.45) is 3.21. The summed E-state index contributed by atoms with van der Waals surface area (Å²) in [6, 6.07) is 0. The fraction of sp³-hybridized carbons (Fsp3) is 0.700. The van der Waals surface area contributed by atoms with Crippen LogP contribution in [0.3, 0.4) is 0 Å². The highest BCUT2D eigenvalue weighted by molar-refractivity contribution is 5.20. The van der Waals surface area contributed by atoms with Gasteiger partial charge in [-0.2, -0.15) is 5.10 Å². The van der Waals surface area contributed by atoms with Gasteiger partial charge in [0.25, 0.3) is 0 Å². The summed E-state index contributed by atoms with van der Waals surface area (Å²) in [4.78, 5) is 0. The predicted octanol–water partition coefficient (Wildman–Crippen LogP) is 2.59. The third-order valence-electron chi connectivity index (χ3n) is 2.15. The molecule has 1 rings (SSSR count). The molecule has 0 radical (unpaired) electrons. The van der Waals surface area contributed by atoms with E-state index in [0.29, 0.717) is 5.92 Å². The van der Waals surface area contributed by atoms with Gasteiger partial charge in [-0.05, 0) is 24.8 Å². The van der Waals surface area contributed by atoms with Gasteiger partial charge in [-0.25, -0.2) is 0 Å². The molecule has 1 heterocycles. The number of aromatic nitrogens is 2. The first kappa shape index (κ1) is 9.30. The lowest BCUT2D eigenvalue weighted by molar-refractivity contribution is 0.648. The van der Waals surface area contributed by atoms with E-state index in [1.165, 1.54) is 11.3 Å². The van der Waals surface area contributed by atoms with E-state index in [4.69, 9.17) is 0 Å². The molecule has 0 aromatic carbocycles. The van der Waals surface area contributed by atoms with Gasteiger partial charge in [0.1, 0.15) is 0 Å². The lowest BCUT2D eigenvalue weighted by atomic mass is 10.0. The van der Waals surface area contributed by atoms with Crippen LogP contribution < -0.4 is 0 Å². The molecule has 0 aliphatic rings. The maximum absolute atomic E-state index is 4.49. The van der Waals surface area contributed by atoms with Gasteiger partial charge in [-0.1, -0.05) is 20.8 Å². The zero-order chi connectivity index (χ0) is 9.14. The molecule has 0 saturated heterocycles. The Hall–Kier alpha value is -0.790. The molecule has 1 aromatic rings. The molecule has 0 unspecified atom stereocenters. The van der Waals surface area contributed by atoms with Crippen molar-refractivity contribution in [3.8, 4) is 0 Å². The molecule has 1 aromatic heterocycles. The first-order valence-electron chi connectivity index (χ1n) is 4.75. The van der Waals surface area contributed by atoms with Crippen LogP contribution in [0.15, 0.2) is 6.20 Å². The number of nitrogens with zero attached hydrogens (tertiary/aromatic N) is 2. The monoisotopic (exact) mass is 166 g/mol. The normalized spacial score (nSPS) is 11.1. The van der Waals surface area contributed by atoms with Gasteiger partial charge in [0.15, 0.2) is 0 Å². The van der Waals surface area contributed by atoms with Crippen molar-refractivity contribution >= 4 is 0 Å². The minimum absolute atomic E-state index is 0.597. The smallest absolute Gasteiger partial charge is 0.0656 e. The molecule has 2 nitrogen and oxygen atoms in total. The number of hydrogen-bond donors (Lipinski definition) is 0. The molecule has 12 heavy (non-hydrogen) atoms. The highest BCUT2D eigenvalue weighted by Gasteiger charge is 2.09. The summed E-state index contributed by atoms with van der Waals surface area (Å²) >= 11 is 0. The molecule has 0 atom stereocenters. The van der Waals surface area contributed by atoms with Crippen molar-refractivity contribution in [2.75, 3.05) is 0 Å². The number of hydrogen-bond acceptors (Lipinski definition) is 1. The zero-order valence-corrected chi connectivity index (χ0v) is 8.46. The van der Waals surface area contributed by atoms with Crippen LogP contribution in [0.1, 0.15) is 44.9 Å². The SMILES string of the molecule is CCc1nn(CC)cc1C(C)C. The first-order chi connectivity index (χ1) is 5.69. The Morgan fingerprint density at radius 3 is 2.42 bits per heavy atom. The molecule has 0 aliphatic heterocycles. The first-order valence-corrected chi connectivity index (χ1v) is 4.75. The fourth-order valence-corrected chi connectivity index (χ4v) is 1.40. The second-order valence-corrected chi connectivity index (χ2v) is 3.40. The molecule has 0 fully saturated rings. The van der Waals surface area contributed by atoms with Crippen molar-refractivity contribution in [2.24, 2.45) is 0 Å². The second-order valence-electron chi connectivity index (χ2n) is 3.40. The lowest BCUT2D eigenvalue weighted by Gasteiger charge is -2.01. The molecule has 68 valence electrons. The maximum atomic E-state index is 4.49. The van der Waals surface area contributed by atoms with Crippen LogP contribution in [-0.4, -0.2) is 9.78 Å². The maximum Gasteiger partial charge on any atom is 0.0656 e. The van der Waals surface area contributed by atoms with Crippen LogP contribution >= 0.6 is 0 Å². The van der Waals surface area contributed by atoms with E-state index in [0.717, 1.165) is 13.0 Å². The summed E-state index contributed by atoms with van der Waals surface area (Å²) in [6.45, 7) is 9.69. The zero-order valence-electron chi connectivity index (χ0n) is 8.46. The highest BCUT2D eigenvalue weighted by Crippen LogP contribution is 2.18. The quantitative estimate of drug-likeness (QED) is 0.675. The summed E-state index contributed by atoms with van der Waals surface area (Å²) < 4.78 is 2.02. The summed E-state index contributed by atoms with van der Waals surface area (Å²) in [5.74, 6) is 0.597. The molecule has 0 N–H and O–H groups in total. The van der Waals surface area contributed by atoms with Crippen molar-refractivity contribution in [3.63, 3.8) is 0 Å². The molecule has 2 heteroatoms. The van der Waals surface area contributed by atoms with Gasteiger partial charge in [0.05, 0.1) is 5.69 Å². The Morgan fingerprint density at radius 2 is 2.08 bits per heavy atom. The largest absolute Gasteiger partial charge is 0.272 e. The lowest BCUT2D eigenvalue weighted by Crippen LogP contribution is -1.94. The van der Waals surface area contributed by atoms with Crippen molar-refractivity contribution in [2.45, 2.75) is 46.6 Å². The second kappa shape index (κ2) is 3.74. The third-order valence-corrected chi connectivity index (χ3v) is 2.15. The standard InChI is InChI=1S/C10H18N2/c1-5-10-9(8(3)4)7-12(6-2)11-10/h7-8H,5-6H2,1-4H3. The van der Waals surface area contributed by atoms with Crippen LogP contribution in [0.4, 0.5) is 0 Å². The van der Waals surface area contributed by atoms with Crippen LogP contribution in [0.5, 0.6) is 0 Å². The van der Waals surface area contributed by atoms with E-state index < -0.39 is 0 Å². The summed E-state index contributed by atoms with van der Waals surface area (Å²) in [7, 11) is 0. The Kier molecular flexibility index (Phi) is 2.90. The van der Waals surface area contributed by atoms with E-state index in [9.17, 15) is 0 Å². The molecular formula is C10H18N2. The summed E-state index contributed by atoms with van der Waals surface area (Å²) in [5, 5.41) is 4.49. The Balaban J connectivity index is 3.00. The van der Waals surface area contributed by atoms with Crippen LogP contribution in [0.25, 0.3) is 0 Å². The fourth-order valence-electron chi connectivity index (χ4n) is 1.40. The van der Waals surface area contributed by atoms with E-state index in [-0.39, 0.29) is 0 Å². The minimum atomic E-state index is 0.597. The van der Waals surface area contributed by atoms with E-state index in [1.807, 2.05) is 4.68 Å². The van der Waals surface area contributed by atoms with Gasteiger partial charge >= 0.3 is 0 Å². The molecule has 0 bridgehead atoms. The molecule has 0 amide bonds. The van der Waals surface area contributed by atoms with Gasteiger partial charge in [0, 0.05) is 12.7 Å². The van der Waals surface area contributed by atoms with Crippen LogP contribution in [0, 0.1) is 0 Å². The molecule has 0 aliphatic carbocycles. The molecular weight excluding hydrogens is 148 g/mol. The highest BCUT2D eigenvalue weighted by atomic mass is 15.3. The average Bonchev–Trinajstić information content (AvgIpc) is 2.47. The number of rotatable bonds is 3. The Bertz CT molecular complexity index is 248. The van der Waals surface area contributed by atoms with Gasteiger partial charge in [0.2, 0.25) is 0 Å². The van der Waals surface area contributed by atoms with Crippen molar-refractivity contribution < 1.29 is 0 Å². The molecule has 0 saturated carbocycles. The predicted molar refractivity (Wildman–Crippen MR) is 51.4 cm³/mol. The van der Waals surface area contributed by atoms with Gasteiger partial charge in [-0.15, -0.1) is 0 Å². The molecule has 0 spiro atoms. The van der Waals surface area contributed by atoms with Gasteiger partial charge < -0.3 is 0 Å². The van der Waals surface area contributed by atoms with E-state index in [1.54, 1.807) is 0 Å². The minimum Gasteiger partial charge on any atom is -0.272 e. The van der Waals surface area contributed by atoms with Crippen LogP contribution in [0.2, 0.25) is 0 Å². The van der Waals surface area contributed by atoms with Crippen LogP contribution in [-0.2, 0) is 13.0 Å². The third kappa shape index (κ3) is 1.68. The van der Waals surface area contributed by atoms with Gasteiger partial charge in [-0.3, -0.25) is 4.68 Å². The number of aryl methyl sites for hydroxylation is 2. The average molecular weight is 166 g/mol. The van der Waals surface area contributed by atoms with E-state index in [2.05, 4.69) is 39.0 Å². The van der Waals surface area contributed by atoms with Crippen molar-refractivity contribution in [3.05, 3.63) is 17.5 Å². The van der Waals surface area contributed by atoms with Crippen molar-refractivity contribution in [1.29, 1.82) is 0 Å². The summed E-state index contributed by atoms with van der Waals surface area (Å²) in [5.41, 5.74) is 2.66. The Morgan fingerprint density at radius 1 is 1.42 bits per heavy atom. The van der Waals surface area contributed by atoms with Crippen molar-refractivity contribution in [1.82, 2.24) is 9.78 Å².